The van der Waals surface area contributed by atoms with Crippen molar-refractivity contribution in [2.75, 3.05) is 0 Å². The molecule has 2 rings (SSSR count). The molecule has 134 valence electrons. The summed E-state index contributed by atoms with van der Waals surface area (Å²) in [6.45, 7) is 3.68. The Morgan fingerprint density at radius 1 is 1.40 bits per heavy atom. The van der Waals surface area contributed by atoms with E-state index in [0.717, 1.165) is 12.1 Å². The highest BCUT2D eigenvalue weighted by Crippen LogP contribution is 2.60. The van der Waals surface area contributed by atoms with Crippen molar-refractivity contribution < 1.29 is 22.7 Å². The van der Waals surface area contributed by atoms with E-state index < -0.39 is 35.1 Å². The summed E-state index contributed by atoms with van der Waals surface area (Å²) >= 11 is 11.3. The zero-order valence-electron chi connectivity index (χ0n) is 13.4. The van der Waals surface area contributed by atoms with Crippen LogP contribution in [0.25, 0.3) is 0 Å². The Hall–Kier alpha value is -1.64. The highest BCUT2D eigenvalue weighted by atomic mass is 35.5. The molecule has 1 fully saturated rings. The molecule has 25 heavy (non-hydrogen) atoms. The first-order valence-corrected chi connectivity index (χ1v) is 8.10. The zero-order chi connectivity index (χ0) is 19.0. The monoisotopic (exact) mass is 390 g/mol. The summed E-state index contributed by atoms with van der Waals surface area (Å²) in [6, 6.07) is 4.41. The van der Waals surface area contributed by atoms with Crippen LogP contribution < -0.4 is 0 Å². The van der Waals surface area contributed by atoms with Gasteiger partial charge in [-0.05, 0) is 29.5 Å². The van der Waals surface area contributed by atoms with E-state index in [1.165, 1.54) is 12.1 Å². The molecule has 1 aromatic carbocycles. The Morgan fingerprint density at radius 3 is 2.56 bits per heavy atom. The Bertz CT molecular complexity index is 743. The first-order chi connectivity index (χ1) is 11.5. The lowest BCUT2D eigenvalue weighted by atomic mass is 10.1. The van der Waals surface area contributed by atoms with Crippen molar-refractivity contribution in [2.45, 2.75) is 26.1 Å². The molecule has 0 amide bonds. The smallest absolute Gasteiger partial charge is 0.416 e. The number of terminal acetylenes is 1. The number of carbonyl (C=O) groups excluding carboxylic acids is 1. The third-order valence-corrected chi connectivity index (χ3v) is 4.62. The second-order valence-electron chi connectivity index (χ2n) is 6.39. The van der Waals surface area contributed by atoms with Crippen molar-refractivity contribution >= 4 is 29.2 Å². The molecule has 0 heterocycles. The molecule has 0 radical (unpaired) electrons. The van der Waals surface area contributed by atoms with Crippen molar-refractivity contribution in [1.29, 1.82) is 0 Å². The number of rotatable bonds is 4. The number of carbonyl (C=O) groups is 1. The van der Waals surface area contributed by atoms with Crippen molar-refractivity contribution in [3.63, 3.8) is 0 Å². The lowest BCUT2D eigenvalue weighted by Crippen LogP contribution is -2.15. The van der Waals surface area contributed by atoms with Gasteiger partial charge in [0, 0.05) is 5.56 Å². The van der Waals surface area contributed by atoms with Gasteiger partial charge in [0.15, 0.2) is 6.10 Å². The molecule has 1 saturated carbocycles. The Morgan fingerprint density at radius 2 is 2.04 bits per heavy atom. The van der Waals surface area contributed by atoms with E-state index in [1.807, 2.05) is 13.8 Å². The average molecular weight is 391 g/mol. The van der Waals surface area contributed by atoms with E-state index in [9.17, 15) is 18.0 Å². The normalized spacial score (nSPS) is 22.5. The van der Waals surface area contributed by atoms with Crippen LogP contribution >= 0.6 is 23.2 Å². The van der Waals surface area contributed by atoms with E-state index in [2.05, 4.69) is 5.92 Å². The summed E-state index contributed by atoms with van der Waals surface area (Å²) in [5, 5.41) is 0. The van der Waals surface area contributed by atoms with Gasteiger partial charge in [0.25, 0.3) is 0 Å². The number of halogens is 5. The number of hydrogen-bond acceptors (Lipinski definition) is 2. The average Bonchev–Trinajstić information content (AvgIpc) is 3.03. The summed E-state index contributed by atoms with van der Waals surface area (Å²) in [4.78, 5) is 12.4. The quantitative estimate of drug-likeness (QED) is 0.500. The molecule has 1 unspecified atom stereocenters. The molecule has 0 saturated heterocycles. The van der Waals surface area contributed by atoms with Crippen molar-refractivity contribution in [2.24, 2.45) is 17.3 Å². The van der Waals surface area contributed by atoms with Crippen molar-refractivity contribution in [3.05, 3.63) is 46.0 Å². The number of benzene rings is 1. The fourth-order valence-electron chi connectivity index (χ4n) is 2.84. The number of alkyl halides is 3. The summed E-state index contributed by atoms with van der Waals surface area (Å²) in [5.41, 5.74) is -1.19. The van der Waals surface area contributed by atoms with Gasteiger partial charge >= 0.3 is 12.1 Å². The van der Waals surface area contributed by atoms with Gasteiger partial charge in [-0.25, -0.2) is 0 Å². The van der Waals surface area contributed by atoms with E-state index >= 15 is 0 Å². The number of esters is 1. The van der Waals surface area contributed by atoms with E-state index in [1.54, 1.807) is 6.08 Å². The Kier molecular flexibility index (Phi) is 5.46. The zero-order valence-corrected chi connectivity index (χ0v) is 14.9. The highest BCUT2D eigenvalue weighted by Gasteiger charge is 2.61. The predicted molar refractivity (Wildman–Crippen MR) is 89.7 cm³/mol. The highest BCUT2D eigenvalue weighted by molar-refractivity contribution is 6.55. The fraction of sp³-hybridized carbons (Fsp3) is 0.389. The molecule has 0 aromatic heterocycles. The van der Waals surface area contributed by atoms with E-state index in [0.29, 0.717) is 0 Å². The molecule has 0 bridgehead atoms. The Balaban J connectivity index is 2.17. The number of ether oxygens (including phenoxy) is 1. The maximum atomic E-state index is 12.8. The van der Waals surface area contributed by atoms with Crippen LogP contribution in [-0.2, 0) is 15.7 Å². The van der Waals surface area contributed by atoms with Crippen molar-refractivity contribution in [1.82, 2.24) is 0 Å². The minimum atomic E-state index is -4.51. The molecular formula is C18H15Cl2F3O2. The van der Waals surface area contributed by atoms with Crippen LogP contribution in [0.1, 0.15) is 31.1 Å². The second-order valence-corrected chi connectivity index (χ2v) is 7.40. The minimum absolute atomic E-state index is 0.0414. The predicted octanol–water partition coefficient (Wildman–Crippen LogP) is 5.51. The van der Waals surface area contributed by atoms with Gasteiger partial charge in [0.2, 0.25) is 0 Å². The summed E-state index contributed by atoms with van der Waals surface area (Å²) < 4.78 is 43.8. The largest absolute Gasteiger partial charge is 0.444 e. The van der Waals surface area contributed by atoms with Gasteiger partial charge in [-0.15, -0.1) is 6.42 Å². The topological polar surface area (TPSA) is 26.3 Å². The number of hydrogen-bond donors (Lipinski definition) is 0. The molecule has 3 atom stereocenters. The molecule has 0 N–H and O–H groups in total. The number of allylic oxidation sites excluding steroid dienone is 1. The molecule has 0 aliphatic heterocycles. The van der Waals surface area contributed by atoms with Gasteiger partial charge in [-0.2, -0.15) is 13.2 Å². The second kappa shape index (κ2) is 6.93. The van der Waals surface area contributed by atoms with Gasteiger partial charge in [-0.1, -0.05) is 55.1 Å². The van der Waals surface area contributed by atoms with Gasteiger partial charge in [-0.3, -0.25) is 4.79 Å². The fourth-order valence-corrected chi connectivity index (χ4v) is 3.11. The SMILES string of the molecule is C#CC(OC(=O)[C@@H]1[C@@H](C=C(Cl)Cl)C1(C)C)c1cccc(C(F)(F)F)c1. The van der Waals surface area contributed by atoms with Crippen LogP contribution in [0.5, 0.6) is 0 Å². The maximum Gasteiger partial charge on any atom is 0.416 e. The van der Waals surface area contributed by atoms with E-state index in [4.69, 9.17) is 34.4 Å². The minimum Gasteiger partial charge on any atom is -0.444 e. The van der Waals surface area contributed by atoms with Crippen LogP contribution in [-0.4, -0.2) is 5.97 Å². The summed E-state index contributed by atoms with van der Waals surface area (Å²) in [5.74, 6) is 0.889. The summed E-state index contributed by atoms with van der Waals surface area (Å²) in [7, 11) is 0. The van der Waals surface area contributed by atoms with Crippen LogP contribution in [0.3, 0.4) is 0 Å². The molecular weight excluding hydrogens is 376 g/mol. The third kappa shape index (κ3) is 4.31. The molecule has 1 aliphatic carbocycles. The van der Waals surface area contributed by atoms with Crippen LogP contribution in [0.2, 0.25) is 0 Å². The lowest BCUT2D eigenvalue weighted by Gasteiger charge is -2.15. The van der Waals surface area contributed by atoms with Gasteiger partial charge < -0.3 is 4.74 Å². The van der Waals surface area contributed by atoms with E-state index in [-0.39, 0.29) is 16.0 Å². The van der Waals surface area contributed by atoms with Crippen LogP contribution in [0.15, 0.2) is 34.8 Å². The van der Waals surface area contributed by atoms with Crippen LogP contribution in [0, 0.1) is 29.6 Å². The molecule has 1 aliphatic rings. The van der Waals surface area contributed by atoms with Crippen LogP contribution in [0.4, 0.5) is 13.2 Å². The lowest BCUT2D eigenvalue weighted by molar-refractivity contribution is -0.149. The molecule has 2 nitrogen and oxygen atoms in total. The van der Waals surface area contributed by atoms with Crippen molar-refractivity contribution in [3.8, 4) is 12.3 Å². The molecule has 7 heteroatoms. The first-order valence-electron chi connectivity index (χ1n) is 7.35. The standard InChI is InChI=1S/C18H15Cl2F3O2/c1-4-13(10-6-5-7-11(8-10)18(21,22)23)25-16(24)15-12(9-14(19)20)17(15,2)3/h1,5-9,12-13,15H,2-3H3/t12-,13?,15+/m1/s1. The molecule has 1 aromatic rings. The third-order valence-electron chi connectivity index (χ3n) is 4.37. The Labute approximate surface area is 153 Å². The summed E-state index contributed by atoms with van der Waals surface area (Å²) in [6.07, 6.45) is 1.18. The van der Waals surface area contributed by atoms with Gasteiger partial charge in [0.05, 0.1) is 11.5 Å². The first kappa shape index (κ1) is 19.7. The maximum absolute atomic E-state index is 12.8. The molecule has 0 spiro atoms. The van der Waals surface area contributed by atoms with Gasteiger partial charge in [0.1, 0.15) is 4.49 Å².